The first-order valence-corrected chi connectivity index (χ1v) is 9.22. The van der Waals surface area contributed by atoms with Crippen molar-refractivity contribution in [1.29, 1.82) is 0 Å². The number of aromatic hydroxyl groups is 1. The zero-order chi connectivity index (χ0) is 20.5. The van der Waals surface area contributed by atoms with Crippen LogP contribution in [-0.2, 0) is 4.79 Å². The summed E-state index contributed by atoms with van der Waals surface area (Å²) in [5, 5.41) is 13.6. The van der Waals surface area contributed by atoms with Gasteiger partial charge in [0.2, 0.25) is 0 Å². The van der Waals surface area contributed by atoms with Crippen LogP contribution in [0.4, 0.5) is 5.69 Å². The van der Waals surface area contributed by atoms with Gasteiger partial charge in [-0.15, -0.1) is 0 Å². The number of methoxy groups -OCH3 is 1. The smallest absolute Gasteiger partial charge is 0.281 e. The molecule has 1 aliphatic rings. The molecule has 0 unspecified atom stereocenters. The van der Waals surface area contributed by atoms with Crippen LogP contribution >= 0.6 is 12.2 Å². The van der Waals surface area contributed by atoms with Crippen molar-refractivity contribution < 1.29 is 14.6 Å². The van der Waals surface area contributed by atoms with Crippen molar-refractivity contribution in [2.45, 2.75) is 6.92 Å². The lowest BCUT2D eigenvalue weighted by Gasteiger charge is -2.14. The minimum atomic E-state index is -0.269. The summed E-state index contributed by atoms with van der Waals surface area (Å²) in [6.07, 6.45) is 5.11. The van der Waals surface area contributed by atoms with Crippen LogP contribution < -0.4 is 15.0 Å². The number of phenolic OH excluding ortho intramolecular Hbond substituents is 1. The number of phenols is 1. The summed E-state index contributed by atoms with van der Waals surface area (Å²) < 4.78 is 6.88. The Labute approximate surface area is 172 Å². The van der Waals surface area contributed by atoms with Gasteiger partial charge in [0, 0.05) is 6.20 Å². The molecule has 0 saturated carbocycles. The van der Waals surface area contributed by atoms with Gasteiger partial charge in [0.25, 0.3) is 5.91 Å². The monoisotopic (exact) mass is 406 g/mol. The molecule has 8 heteroatoms. The third kappa shape index (κ3) is 3.57. The first-order valence-electron chi connectivity index (χ1n) is 8.81. The highest BCUT2D eigenvalue weighted by atomic mass is 32.1. The molecule has 1 aliphatic heterocycles. The zero-order valence-corrected chi connectivity index (χ0v) is 16.6. The van der Waals surface area contributed by atoms with Crippen molar-refractivity contribution in [2.24, 2.45) is 0 Å². The van der Waals surface area contributed by atoms with Gasteiger partial charge in [0.15, 0.2) is 5.11 Å². The molecule has 2 N–H and O–H groups in total. The molecule has 2 aromatic carbocycles. The number of anilines is 1. The molecule has 0 bridgehead atoms. The predicted molar refractivity (Wildman–Crippen MR) is 114 cm³/mol. The molecule has 1 aromatic heterocycles. The van der Waals surface area contributed by atoms with E-state index in [4.69, 9.17) is 17.0 Å². The maximum absolute atomic E-state index is 12.9. The Balaban J connectivity index is 1.60. The Bertz CT molecular complexity index is 1140. The quantitative estimate of drug-likeness (QED) is 0.512. The van der Waals surface area contributed by atoms with Crippen LogP contribution in [0.25, 0.3) is 11.8 Å². The van der Waals surface area contributed by atoms with Crippen molar-refractivity contribution in [3.63, 3.8) is 0 Å². The molecule has 2 heterocycles. The largest absolute Gasteiger partial charge is 0.506 e. The predicted octanol–water partition coefficient (Wildman–Crippen LogP) is 3.16. The van der Waals surface area contributed by atoms with E-state index < -0.39 is 0 Å². The fourth-order valence-corrected chi connectivity index (χ4v) is 3.37. The van der Waals surface area contributed by atoms with Crippen LogP contribution in [0.3, 0.4) is 0 Å². The van der Waals surface area contributed by atoms with Crippen molar-refractivity contribution in [1.82, 2.24) is 14.9 Å². The fraction of sp³-hybridized carbons (Fsp3) is 0.0952. The Morgan fingerprint density at radius 3 is 2.59 bits per heavy atom. The van der Waals surface area contributed by atoms with Gasteiger partial charge in [0.1, 0.15) is 17.2 Å². The molecule has 0 atom stereocenters. The number of nitrogens with one attached hydrogen (secondary N) is 1. The number of thiocarbonyl (C=S) groups is 1. The molecule has 1 fully saturated rings. The number of aromatic nitrogens is 2. The second kappa shape index (κ2) is 7.40. The number of aryl methyl sites for hydroxylation is 1. The standard InChI is InChI=1S/C21H18N4O3S/c1-13-11-24(12-22-13)18-8-3-14(10-19(18)26)9-17-20(27)25(21(29)23-17)15-4-6-16(28-2)7-5-15/h3-12,26H,1-2H3,(H,23,29)/b17-9-. The molecular formula is C21H18N4O3S. The van der Waals surface area contributed by atoms with Crippen molar-refractivity contribution in [2.75, 3.05) is 12.0 Å². The first kappa shape index (κ1) is 18.7. The average molecular weight is 406 g/mol. The van der Waals surface area contributed by atoms with Crippen LogP contribution in [-0.4, -0.2) is 32.8 Å². The number of amides is 1. The highest BCUT2D eigenvalue weighted by Crippen LogP contribution is 2.27. The molecular weight excluding hydrogens is 388 g/mol. The number of carbonyl (C=O) groups is 1. The van der Waals surface area contributed by atoms with Gasteiger partial charge >= 0.3 is 0 Å². The van der Waals surface area contributed by atoms with E-state index in [-0.39, 0.29) is 11.7 Å². The van der Waals surface area contributed by atoms with Crippen LogP contribution in [0.2, 0.25) is 0 Å². The average Bonchev–Trinajstić information content (AvgIpc) is 3.25. The van der Waals surface area contributed by atoms with Crippen molar-refractivity contribution in [3.8, 4) is 17.2 Å². The van der Waals surface area contributed by atoms with Crippen LogP contribution in [0.5, 0.6) is 11.5 Å². The van der Waals surface area contributed by atoms with Gasteiger partial charge in [-0.2, -0.15) is 0 Å². The summed E-state index contributed by atoms with van der Waals surface area (Å²) in [5.41, 5.74) is 3.09. The van der Waals surface area contributed by atoms with E-state index in [0.717, 1.165) is 5.69 Å². The number of rotatable bonds is 4. The molecule has 4 rings (SSSR count). The molecule has 146 valence electrons. The third-order valence-corrected chi connectivity index (χ3v) is 4.79. The maximum atomic E-state index is 12.9. The van der Waals surface area contributed by atoms with Crippen molar-refractivity contribution >= 4 is 35.0 Å². The van der Waals surface area contributed by atoms with Crippen LogP contribution in [0.15, 0.2) is 60.7 Å². The molecule has 1 saturated heterocycles. The van der Waals surface area contributed by atoms with E-state index in [9.17, 15) is 9.90 Å². The molecule has 1 amide bonds. The minimum Gasteiger partial charge on any atom is -0.506 e. The van der Waals surface area contributed by atoms with Crippen LogP contribution in [0.1, 0.15) is 11.3 Å². The van der Waals surface area contributed by atoms with E-state index in [1.165, 1.54) is 4.90 Å². The summed E-state index contributed by atoms with van der Waals surface area (Å²) in [6, 6.07) is 12.2. The highest BCUT2D eigenvalue weighted by molar-refractivity contribution is 7.80. The van der Waals surface area contributed by atoms with E-state index in [1.54, 1.807) is 60.5 Å². The Kier molecular flexibility index (Phi) is 4.77. The molecule has 3 aromatic rings. The number of carbonyl (C=O) groups excluding carboxylic acids is 1. The summed E-state index contributed by atoms with van der Waals surface area (Å²) >= 11 is 5.33. The van der Waals surface area contributed by atoms with E-state index in [1.807, 2.05) is 19.2 Å². The second-order valence-electron chi connectivity index (χ2n) is 6.50. The molecule has 7 nitrogen and oxygen atoms in total. The fourth-order valence-electron chi connectivity index (χ4n) is 3.07. The number of nitrogens with zero attached hydrogens (tertiary/aromatic N) is 3. The Morgan fingerprint density at radius 1 is 1.21 bits per heavy atom. The lowest BCUT2D eigenvalue weighted by molar-refractivity contribution is -0.113. The van der Waals surface area contributed by atoms with Crippen LogP contribution in [0, 0.1) is 6.92 Å². The molecule has 0 radical (unpaired) electrons. The topological polar surface area (TPSA) is 79.6 Å². The number of imidazole rings is 1. The van der Waals surface area contributed by atoms with E-state index >= 15 is 0 Å². The van der Waals surface area contributed by atoms with Gasteiger partial charge < -0.3 is 19.7 Å². The number of benzene rings is 2. The Morgan fingerprint density at radius 2 is 1.97 bits per heavy atom. The normalized spacial score (nSPS) is 15.1. The van der Waals surface area contributed by atoms with Gasteiger partial charge in [-0.3, -0.25) is 9.69 Å². The summed E-state index contributed by atoms with van der Waals surface area (Å²) in [4.78, 5) is 18.4. The lowest BCUT2D eigenvalue weighted by Crippen LogP contribution is -2.30. The number of ether oxygens (including phenoxy) is 1. The molecule has 29 heavy (non-hydrogen) atoms. The van der Waals surface area contributed by atoms with Gasteiger partial charge in [-0.05, 0) is 67.2 Å². The molecule has 0 spiro atoms. The Hall–Kier alpha value is -3.65. The number of hydrogen-bond donors (Lipinski definition) is 2. The maximum Gasteiger partial charge on any atom is 0.281 e. The third-order valence-electron chi connectivity index (χ3n) is 4.51. The lowest BCUT2D eigenvalue weighted by atomic mass is 10.1. The van der Waals surface area contributed by atoms with Gasteiger partial charge in [0.05, 0.1) is 30.5 Å². The molecule has 0 aliphatic carbocycles. The number of hydrogen-bond acceptors (Lipinski definition) is 5. The van der Waals surface area contributed by atoms with Gasteiger partial charge in [-0.1, -0.05) is 6.07 Å². The van der Waals surface area contributed by atoms with E-state index in [2.05, 4.69) is 10.3 Å². The summed E-state index contributed by atoms with van der Waals surface area (Å²) in [7, 11) is 1.58. The SMILES string of the molecule is COc1ccc(N2C(=O)/C(=C/c3ccc(-n4cnc(C)c4)c(O)c3)NC2=S)cc1. The van der Waals surface area contributed by atoms with Gasteiger partial charge in [-0.25, -0.2) is 4.98 Å². The van der Waals surface area contributed by atoms with Crippen molar-refractivity contribution in [3.05, 3.63) is 71.9 Å². The summed E-state index contributed by atoms with van der Waals surface area (Å²) in [5.74, 6) is 0.504. The first-order chi connectivity index (χ1) is 14.0. The second-order valence-corrected chi connectivity index (χ2v) is 6.88. The summed E-state index contributed by atoms with van der Waals surface area (Å²) in [6.45, 7) is 1.88. The zero-order valence-electron chi connectivity index (χ0n) is 15.8. The minimum absolute atomic E-state index is 0.0804. The van der Waals surface area contributed by atoms with E-state index in [0.29, 0.717) is 33.5 Å². The highest BCUT2D eigenvalue weighted by Gasteiger charge is 2.32.